The second kappa shape index (κ2) is 9.21. The summed E-state index contributed by atoms with van der Waals surface area (Å²) in [6.07, 6.45) is 3.38. The van der Waals surface area contributed by atoms with E-state index < -0.39 is 0 Å². The smallest absolute Gasteiger partial charge is 0.216 e. The third kappa shape index (κ3) is 27.0. The summed E-state index contributed by atoms with van der Waals surface area (Å²) < 4.78 is 0. The topological polar surface area (TPSA) is 29.1 Å². The standard InChI is InChI=1S/C6H12.C3H7NO/c1-4-5-6(2)3;1-3(5)4-2/h5H,4H2,1-3H3;1-2H3,(H,4,5). The fourth-order valence-electron chi connectivity index (χ4n) is 0.408. The molecule has 0 rings (SSSR count). The van der Waals surface area contributed by atoms with Crippen molar-refractivity contribution in [3.8, 4) is 0 Å². The predicted molar refractivity (Wildman–Crippen MR) is 49.5 cm³/mol. The van der Waals surface area contributed by atoms with E-state index in [2.05, 4.69) is 32.2 Å². The van der Waals surface area contributed by atoms with Gasteiger partial charge < -0.3 is 5.32 Å². The molecular formula is C9H19NO. The van der Waals surface area contributed by atoms with Crippen molar-refractivity contribution >= 4 is 5.91 Å². The van der Waals surface area contributed by atoms with Crippen LogP contribution in [0.4, 0.5) is 0 Å². The summed E-state index contributed by atoms with van der Waals surface area (Å²) in [5, 5.41) is 2.39. The molecule has 0 aromatic rings. The summed E-state index contributed by atoms with van der Waals surface area (Å²) in [6.45, 7) is 7.85. The second-order valence-electron chi connectivity index (χ2n) is 2.50. The maximum absolute atomic E-state index is 9.70. The molecule has 0 unspecified atom stereocenters. The summed E-state index contributed by atoms with van der Waals surface area (Å²) in [6, 6.07) is 0. The van der Waals surface area contributed by atoms with Crippen molar-refractivity contribution in [3.63, 3.8) is 0 Å². The van der Waals surface area contributed by atoms with Gasteiger partial charge in [-0.1, -0.05) is 18.6 Å². The highest BCUT2D eigenvalue weighted by atomic mass is 16.1. The van der Waals surface area contributed by atoms with Crippen LogP contribution in [0.5, 0.6) is 0 Å². The lowest BCUT2D eigenvalue weighted by atomic mass is 10.3. The fourth-order valence-corrected chi connectivity index (χ4v) is 0.408. The maximum Gasteiger partial charge on any atom is 0.216 e. The SMILES string of the molecule is CCC=C(C)C.CNC(C)=O. The Bertz CT molecular complexity index is 124. The van der Waals surface area contributed by atoms with Crippen LogP contribution in [0.2, 0.25) is 0 Å². The van der Waals surface area contributed by atoms with Gasteiger partial charge in [-0.2, -0.15) is 0 Å². The molecule has 11 heavy (non-hydrogen) atoms. The first-order valence-corrected chi connectivity index (χ1v) is 3.86. The Hall–Kier alpha value is -0.790. The number of carbonyl (C=O) groups is 1. The minimum Gasteiger partial charge on any atom is -0.359 e. The Morgan fingerprint density at radius 1 is 1.36 bits per heavy atom. The normalized spacial score (nSPS) is 7.36. The summed E-state index contributed by atoms with van der Waals surface area (Å²) in [7, 11) is 1.60. The van der Waals surface area contributed by atoms with Crippen molar-refractivity contribution in [1.82, 2.24) is 5.32 Å². The van der Waals surface area contributed by atoms with Crippen LogP contribution in [-0.4, -0.2) is 13.0 Å². The molecule has 0 aliphatic heterocycles. The lowest BCUT2D eigenvalue weighted by Crippen LogP contribution is -2.11. The molecule has 0 bridgehead atoms. The third-order valence-electron chi connectivity index (χ3n) is 0.964. The van der Waals surface area contributed by atoms with Crippen LogP contribution in [0.15, 0.2) is 11.6 Å². The van der Waals surface area contributed by atoms with Crippen molar-refractivity contribution in [1.29, 1.82) is 0 Å². The van der Waals surface area contributed by atoms with Gasteiger partial charge in [0.05, 0.1) is 0 Å². The van der Waals surface area contributed by atoms with E-state index in [4.69, 9.17) is 0 Å². The van der Waals surface area contributed by atoms with Gasteiger partial charge in [-0.3, -0.25) is 4.79 Å². The van der Waals surface area contributed by atoms with Crippen LogP contribution in [0.25, 0.3) is 0 Å². The molecule has 0 saturated carbocycles. The van der Waals surface area contributed by atoms with Crippen LogP contribution in [-0.2, 0) is 4.79 Å². The van der Waals surface area contributed by atoms with E-state index in [9.17, 15) is 4.79 Å². The van der Waals surface area contributed by atoms with Crippen molar-refractivity contribution in [3.05, 3.63) is 11.6 Å². The number of allylic oxidation sites excluding steroid dienone is 2. The van der Waals surface area contributed by atoms with Crippen LogP contribution in [0.1, 0.15) is 34.1 Å². The van der Waals surface area contributed by atoms with Crippen molar-refractivity contribution in [2.24, 2.45) is 0 Å². The molecule has 0 aliphatic rings. The molecular weight excluding hydrogens is 138 g/mol. The molecule has 0 fully saturated rings. The van der Waals surface area contributed by atoms with E-state index in [1.165, 1.54) is 18.9 Å². The van der Waals surface area contributed by atoms with Crippen molar-refractivity contribution < 1.29 is 4.79 Å². The van der Waals surface area contributed by atoms with Gasteiger partial charge in [0, 0.05) is 14.0 Å². The molecule has 1 amide bonds. The molecule has 2 heteroatoms. The lowest BCUT2D eigenvalue weighted by Gasteiger charge is -1.80. The molecule has 0 spiro atoms. The number of amides is 1. The average Bonchev–Trinajstić information content (AvgIpc) is 1.89. The molecule has 2 nitrogen and oxygen atoms in total. The van der Waals surface area contributed by atoms with Gasteiger partial charge in [-0.25, -0.2) is 0 Å². The zero-order chi connectivity index (χ0) is 9.28. The number of nitrogens with one attached hydrogen (secondary N) is 1. The highest BCUT2D eigenvalue weighted by Crippen LogP contribution is 1.89. The average molecular weight is 157 g/mol. The zero-order valence-corrected chi connectivity index (χ0v) is 8.19. The second-order valence-corrected chi connectivity index (χ2v) is 2.50. The van der Waals surface area contributed by atoms with Crippen LogP contribution in [0.3, 0.4) is 0 Å². The Morgan fingerprint density at radius 3 is 1.73 bits per heavy atom. The van der Waals surface area contributed by atoms with Crippen LogP contribution in [0, 0.1) is 0 Å². The monoisotopic (exact) mass is 157 g/mol. The van der Waals surface area contributed by atoms with Gasteiger partial charge in [-0.05, 0) is 20.3 Å². The van der Waals surface area contributed by atoms with Gasteiger partial charge in [0.2, 0.25) is 5.91 Å². The summed E-state index contributed by atoms with van der Waals surface area (Å²) in [5.41, 5.74) is 1.41. The molecule has 0 aliphatic carbocycles. The molecule has 66 valence electrons. The van der Waals surface area contributed by atoms with E-state index in [1.54, 1.807) is 7.05 Å². The first-order valence-electron chi connectivity index (χ1n) is 3.86. The molecule has 0 atom stereocenters. The fraction of sp³-hybridized carbons (Fsp3) is 0.667. The first kappa shape index (κ1) is 12.8. The largest absolute Gasteiger partial charge is 0.359 e. The summed E-state index contributed by atoms with van der Waals surface area (Å²) >= 11 is 0. The summed E-state index contributed by atoms with van der Waals surface area (Å²) in [5.74, 6) is 0.00463. The zero-order valence-electron chi connectivity index (χ0n) is 8.19. The highest BCUT2D eigenvalue weighted by molar-refractivity contribution is 5.72. The Labute approximate surface area is 69.7 Å². The Morgan fingerprint density at radius 2 is 1.73 bits per heavy atom. The van der Waals surface area contributed by atoms with Crippen molar-refractivity contribution in [2.75, 3.05) is 7.05 Å². The number of carbonyl (C=O) groups excluding carboxylic acids is 1. The quantitative estimate of drug-likeness (QED) is 0.580. The summed E-state index contributed by atoms with van der Waals surface area (Å²) in [4.78, 5) is 9.70. The van der Waals surface area contributed by atoms with Gasteiger partial charge in [0.1, 0.15) is 0 Å². The van der Waals surface area contributed by atoms with Gasteiger partial charge in [0.15, 0.2) is 0 Å². The predicted octanol–water partition coefficient (Wildman–Crippen LogP) is 2.11. The maximum atomic E-state index is 9.70. The molecule has 0 saturated heterocycles. The Balaban J connectivity index is 0. The molecule has 1 N–H and O–H groups in total. The van der Waals surface area contributed by atoms with Gasteiger partial charge >= 0.3 is 0 Å². The van der Waals surface area contributed by atoms with Gasteiger partial charge in [0.25, 0.3) is 0 Å². The molecule has 0 aromatic carbocycles. The molecule has 0 radical (unpaired) electrons. The molecule has 0 heterocycles. The minimum absolute atomic E-state index is 0.00463. The van der Waals surface area contributed by atoms with E-state index in [0.29, 0.717) is 0 Å². The first-order chi connectivity index (χ1) is 5.04. The minimum atomic E-state index is 0.00463. The van der Waals surface area contributed by atoms with Crippen molar-refractivity contribution in [2.45, 2.75) is 34.1 Å². The van der Waals surface area contributed by atoms with Crippen LogP contribution >= 0.6 is 0 Å². The Kier molecular flexibility index (Phi) is 10.8. The number of hydrogen-bond donors (Lipinski definition) is 1. The lowest BCUT2D eigenvalue weighted by molar-refractivity contribution is -0.118. The number of rotatable bonds is 1. The highest BCUT2D eigenvalue weighted by Gasteiger charge is 1.72. The van der Waals surface area contributed by atoms with E-state index in [-0.39, 0.29) is 5.91 Å². The van der Waals surface area contributed by atoms with Gasteiger partial charge in [-0.15, -0.1) is 0 Å². The molecule has 0 aromatic heterocycles. The van der Waals surface area contributed by atoms with E-state index in [1.807, 2.05) is 0 Å². The van der Waals surface area contributed by atoms with E-state index in [0.717, 1.165) is 0 Å². The third-order valence-corrected chi connectivity index (χ3v) is 0.964. The number of hydrogen-bond acceptors (Lipinski definition) is 1. The van der Waals surface area contributed by atoms with Crippen LogP contribution < -0.4 is 5.32 Å². The van der Waals surface area contributed by atoms with E-state index >= 15 is 0 Å².